The number of rotatable bonds is 8. The van der Waals surface area contributed by atoms with Gasteiger partial charge in [-0.3, -0.25) is 4.79 Å². The molecule has 0 unspecified atom stereocenters. The molecule has 1 amide bonds. The fraction of sp³-hybridized carbons (Fsp3) is 0.480. The van der Waals surface area contributed by atoms with Crippen molar-refractivity contribution in [3.8, 4) is 5.75 Å². The van der Waals surface area contributed by atoms with Gasteiger partial charge in [0.2, 0.25) is 0 Å². The predicted octanol–water partition coefficient (Wildman–Crippen LogP) is 2.74. The second-order valence-corrected chi connectivity index (χ2v) is 11.3. The Bertz CT molecular complexity index is 1300. The molecule has 3 aromatic heterocycles. The van der Waals surface area contributed by atoms with Crippen LogP contribution in [0.4, 0.5) is 11.5 Å². The number of nitrogens with two attached hydrogens (primary N) is 1. The molecular weight excluding hydrogens is 512 g/mol. The van der Waals surface area contributed by atoms with Crippen LogP contribution in [0.15, 0.2) is 24.5 Å². The highest BCUT2D eigenvalue weighted by molar-refractivity contribution is 7.18. The van der Waals surface area contributed by atoms with Gasteiger partial charge in [-0.2, -0.15) is 5.10 Å². The van der Waals surface area contributed by atoms with Gasteiger partial charge in [-0.15, -0.1) is 11.3 Å². The topological polar surface area (TPSA) is 113 Å². The molecule has 0 saturated carbocycles. The third kappa shape index (κ3) is 5.69. The third-order valence-electron chi connectivity index (χ3n) is 6.72. The van der Waals surface area contributed by atoms with Gasteiger partial charge in [-0.05, 0) is 51.5 Å². The molecule has 2 aliphatic rings. The number of halogens is 1. The summed E-state index contributed by atoms with van der Waals surface area (Å²) >= 11 is 7.48. The van der Waals surface area contributed by atoms with E-state index in [1.165, 1.54) is 23.2 Å². The van der Waals surface area contributed by atoms with Crippen LogP contribution in [-0.4, -0.2) is 84.9 Å². The lowest BCUT2D eigenvalue weighted by atomic mass is 10.0. The number of nitrogens with one attached hydrogen (secondary N) is 2. The summed E-state index contributed by atoms with van der Waals surface area (Å²) in [5.74, 6) is 0.823. The van der Waals surface area contributed by atoms with Gasteiger partial charge >= 0.3 is 0 Å². The van der Waals surface area contributed by atoms with E-state index in [0.717, 1.165) is 62.3 Å². The molecule has 0 aromatic carbocycles. The number of nitrogen functional groups attached to an aromatic ring is 1. The summed E-state index contributed by atoms with van der Waals surface area (Å²) in [5.41, 5.74) is 10.4. The molecule has 0 spiro atoms. The van der Waals surface area contributed by atoms with Crippen molar-refractivity contribution in [3.05, 3.63) is 39.4 Å². The van der Waals surface area contributed by atoms with Crippen LogP contribution in [0.5, 0.6) is 5.75 Å². The van der Waals surface area contributed by atoms with E-state index in [4.69, 9.17) is 22.1 Å². The molecule has 2 aliphatic heterocycles. The maximum absolute atomic E-state index is 13.2. The molecule has 0 radical (unpaired) electrons. The molecule has 1 saturated heterocycles. The van der Waals surface area contributed by atoms with E-state index >= 15 is 0 Å². The summed E-state index contributed by atoms with van der Waals surface area (Å²) < 4.78 is 8.30. The van der Waals surface area contributed by atoms with Crippen molar-refractivity contribution in [2.45, 2.75) is 25.3 Å². The lowest BCUT2D eigenvalue weighted by Gasteiger charge is -2.34. The van der Waals surface area contributed by atoms with E-state index < -0.39 is 0 Å². The Labute approximate surface area is 225 Å². The summed E-state index contributed by atoms with van der Waals surface area (Å²) in [4.78, 5) is 22.3. The predicted molar refractivity (Wildman–Crippen MR) is 149 cm³/mol. The molecule has 12 heteroatoms. The Morgan fingerprint density at radius 2 is 2.27 bits per heavy atom. The van der Waals surface area contributed by atoms with Crippen LogP contribution in [0.1, 0.15) is 34.6 Å². The second kappa shape index (κ2) is 11.3. The van der Waals surface area contributed by atoms with Crippen molar-refractivity contribution >= 4 is 51.4 Å². The molecule has 5 heterocycles. The van der Waals surface area contributed by atoms with E-state index in [-0.39, 0.29) is 11.9 Å². The largest absolute Gasteiger partial charge is 0.490 e. The summed E-state index contributed by atoms with van der Waals surface area (Å²) in [6, 6.07) is 3.85. The Hall–Kier alpha value is -2.86. The summed E-state index contributed by atoms with van der Waals surface area (Å²) in [6.45, 7) is 4.53. The van der Waals surface area contributed by atoms with Crippen LogP contribution < -0.4 is 26.0 Å². The normalized spacial score (nSPS) is 18.3. The summed E-state index contributed by atoms with van der Waals surface area (Å²) in [5, 5.41) is 11.1. The number of piperidine rings is 1. The molecule has 37 heavy (non-hydrogen) atoms. The molecule has 0 aliphatic carbocycles. The van der Waals surface area contributed by atoms with E-state index in [1.807, 2.05) is 23.5 Å². The first kappa shape index (κ1) is 25.8. The number of ether oxygens (including phenoxy) is 1. The van der Waals surface area contributed by atoms with Gasteiger partial charge in [0.25, 0.3) is 5.91 Å². The lowest BCUT2D eigenvalue weighted by Crippen LogP contribution is -2.47. The minimum atomic E-state index is -0.159. The molecule has 4 N–H and O–H groups in total. The average Bonchev–Trinajstić information content (AvgIpc) is 3.46. The highest BCUT2D eigenvalue weighted by Crippen LogP contribution is 2.35. The number of hydrogen-bond acceptors (Lipinski definition) is 9. The van der Waals surface area contributed by atoms with E-state index in [9.17, 15) is 4.79 Å². The highest BCUT2D eigenvalue weighted by Gasteiger charge is 2.28. The first-order chi connectivity index (χ1) is 17.9. The van der Waals surface area contributed by atoms with Gasteiger partial charge in [0.1, 0.15) is 29.1 Å². The number of carbonyl (C=O) groups is 1. The van der Waals surface area contributed by atoms with Gasteiger partial charge in [-0.1, -0.05) is 17.7 Å². The van der Waals surface area contributed by atoms with Crippen LogP contribution in [0.2, 0.25) is 4.34 Å². The van der Waals surface area contributed by atoms with E-state index in [2.05, 4.69) is 37.8 Å². The van der Waals surface area contributed by atoms with Gasteiger partial charge in [0, 0.05) is 38.3 Å². The van der Waals surface area contributed by atoms with Crippen molar-refractivity contribution < 1.29 is 9.53 Å². The second-order valence-electron chi connectivity index (χ2n) is 9.66. The molecule has 10 nitrogen and oxygen atoms in total. The Morgan fingerprint density at radius 3 is 3.05 bits per heavy atom. The Balaban J connectivity index is 1.34. The maximum atomic E-state index is 13.2. The first-order valence-electron chi connectivity index (χ1n) is 12.6. The number of likely N-dealkylation sites (N-methyl/N-ethyl adjacent to an activating group) is 1. The van der Waals surface area contributed by atoms with Crippen LogP contribution in [0, 0.1) is 0 Å². The molecule has 3 aromatic rings. The first-order valence-corrected chi connectivity index (χ1v) is 13.7. The summed E-state index contributed by atoms with van der Waals surface area (Å²) in [7, 11) is 3.96. The summed E-state index contributed by atoms with van der Waals surface area (Å²) in [6.07, 6.45) is 6.46. The number of anilines is 2. The Morgan fingerprint density at radius 1 is 1.41 bits per heavy atom. The number of fused-ring (bicyclic) bond motifs is 1. The lowest BCUT2D eigenvalue weighted by molar-refractivity contribution is 0.0933. The van der Waals surface area contributed by atoms with Crippen LogP contribution in [0.3, 0.4) is 0 Å². The number of carbonyl (C=O) groups excluding carboxylic acids is 1. The number of amides is 1. The average molecular weight is 545 g/mol. The minimum Gasteiger partial charge on any atom is -0.490 e. The molecule has 0 bridgehead atoms. The van der Waals surface area contributed by atoms with E-state index in [0.29, 0.717) is 33.9 Å². The van der Waals surface area contributed by atoms with Gasteiger partial charge in [0.05, 0.1) is 15.7 Å². The minimum absolute atomic E-state index is 0.0286. The van der Waals surface area contributed by atoms with E-state index in [1.54, 1.807) is 6.07 Å². The van der Waals surface area contributed by atoms with Crippen molar-refractivity contribution in [2.75, 3.05) is 64.1 Å². The van der Waals surface area contributed by atoms with Crippen molar-refractivity contribution in [2.24, 2.45) is 0 Å². The smallest absolute Gasteiger partial charge is 0.265 e. The van der Waals surface area contributed by atoms with Crippen molar-refractivity contribution in [3.63, 3.8) is 0 Å². The zero-order chi connectivity index (χ0) is 25.9. The van der Waals surface area contributed by atoms with Crippen LogP contribution in [-0.2, 0) is 0 Å². The molecule has 1 fully saturated rings. The van der Waals surface area contributed by atoms with Crippen LogP contribution >= 0.6 is 22.9 Å². The van der Waals surface area contributed by atoms with Crippen molar-refractivity contribution in [1.82, 2.24) is 30.1 Å². The van der Waals surface area contributed by atoms with Gasteiger partial charge in [0.15, 0.2) is 5.82 Å². The third-order valence-corrected chi connectivity index (χ3v) is 7.97. The number of aromatic nitrogens is 3. The SMILES string of the molecule is CN(C)CCOc1cc(Cl)sc1C(=O)N[C@@H]1CCCN(c2cc(C3=CCNCC3)n3ncnc(N)c23)C1. The fourth-order valence-electron chi connectivity index (χ4n) is 4.89. The zero-order valence-corrected chi connectivity index (χ0v) is 22.7. The molecular formula is C25H33ClN8O2S. The van der Waals surface area contributed by atoms with Crippen molar-refractivity contribution in [1.29, 1.82) is 0 Å². The van der Waals surface area contributed by atoms with Gasteiger partial charge < -0.3 is 30.9 Å². The maximum Gasteiger partial charge on any atom is 0.265 e. The molecule has 198 valence electrons. The highest BCUT2D eigenvalue weighted by atomic mass is 35.5. The fourth-order valence-corrected chi connectivity index (χ4v) is 5.95. The molecule has 1 atom stereocenters. The zero-order valence-electron chi connectivity index (χ0n) is 21.2. The number of thiophene rings is 1. The standard InChI is InChI=1S/C25H33ClN8O2S/c1-32(2)10-11-36-20-13-21(26)37-23(20)25(35)31-17-4-3-9-33(14-17)19-12-18(16-5-7-28-8-6-16)34-22(19)24(27)29-15-30-34/h5,12-13,15,17,28H,3-4,6-11,14H2,1-2H3,(H,31,35)(H2,27,29,30)/t17-/m1/s1. The number of hydrogen-bond donors (Lipinski definition) is 3. The molecule has 5 rings (SSSR count). The number of nitrogens with zero attached hydrogens (tertiary/aromatic N) is 5. The van der Waals surface area contributed by atoms with Gasteiger partial charge in [-0.25, -0.2) is 9.50 Å². The van der Waals surface area contributed by atoms with Crippen LogP contribution in [0.25, 0.3) is 11.1 Å². The Kier molecular flexibility index (Phi) is 7.84. The quantitative estimate of drug-likeness (QED) is 0.397. The monoisotopic (exact) mass is 544 g/mol.